The van der Waals surface area contributed by atoms with E-state index in [9.17, 15) is 4.79 Å². The fourth-order valence-electron chi connectivity index (χ4n) is 3.59. The Morgan fingerprint density at radius 3 is 2.59 bits per heavy atom. The molecule has 3 N–H and O–H groups in total. The second-order valence-corrected chi connectivity index (χ2v) is 6.99. The minimum Gasteiger partial charge on any atom is -0.353 e. The summed E-state index contributed by atoms with van der Waals surface area (Å²) in [6.45, 7) is 0. The fraction of sp³-hybridized carbons (Fsp3) is 0.263. The molecular formula is C19H19N9O. The van der Waals surface area contributed by atoms with Crippen LogP contribution in [0.3, 0.4) is 0 Å². The van der Waals surface area contributed by atoms with Crippen molar-refractivity contribution in [1.29, 1.82) is 0 Å². The maximum Gasteiger partial charge on any atom is 0.271 e. The Morgan fingerprint density at radius 2 is 1.79 bits per heavy atom. The number of aromatic nitrogens is 7. The molecule has 1 aliphatic carbocycles. The van der Waals surface area contributed by atoms with Crippen LogP contribution in [0.2, 0.25) is 0 Å². The van der Waals surface area contributed by atoms with Gasteiger partial charge in [-0.2, -0.15) is 9.78 Å². The molecule has 0 spiro atoms. The molecule has 29 heavy (non-hydrogen) atoms. The van der Waals surface area contributed by atoms with E-state index in [0.717, 1.165) is 36.4 Å². The van der Waals surface area contributed by atoms with E-state index in [1.807, 2.05) is 12.1 Å². The third kappa shape index (κ3) is 3.64. The van der Waals surface area contributed by atoms with E-state index in [4.69, 9.17) is 0 Å². The van der Waals surface area contributed by atoms with Crippen molar-refractivity contribution in [3.05, 3.63) is 59.4 Å². The summed E-state index contributed by atoms with van der Waals surface area (Å²) in [7, 11) is 0. The highest BCUT2D eigenvalue weighted by molar-refractivity contribution is 5.72. The quantitative estimate of drug-likeness (QED) is 0.471. The van der Waals surface area contributed by atoms with Crippen LogP contribution < -0.4 is 16.2 Å². The molecule has 4 heterocycles. The highest BCUT2D eigenvalue weighted by Crippen LogP contribution is 2.25. The van der Waals surface area contributed by atoms with Crippen molar-refractivity contribution in [3.8, 4) is 5.69 Å². The summed E-state index contributed by atoms with van der Waals surface area (Å²) in [6.07, 6.45) is 9.43. The molecule has 0 unspecified atom stereocenters. The molecule has 0 radical (unpaired) electrons. The summed E-state index contributed by atoms with van der Waals surface area (Å²) >= 11 is 0. The first-order valence-electron chi connectivity index (χ1n) is 9.45. The maximum atomic E-state index is 11.8. The lowest BCUT2D eigenvalue weighted by Crippen LogP contribution is -2.22. The predicted molar refractivity (Wildman–Crippen MR) is 108 cm³/mol. The van der Waals surface area contributed by atoms with E-state index in [2.05, 4.69) is 40.7 Å². The van der Waals surface area contributed by atoms with Crippen molar-refractivity contribution in [1.82, 2.24) is 34.7 Å². The maximum absolute atomic E-state index is 11.8. The van der Waals surface area contributed by atoms with E-state index in [0.29, 0.717) is 17.7 Å². The van der Waals surface area contributed by atoms with E-state index in [1.54, 1.807) is 30.9 Å². The third-order valence-corrected chi connectivity index (χ3v) is 4.96. The first-order chi connectivity index (χ1) is 14.2. The summed E-state index contributed by atoms with van der Waals surface area (Å²) in [5, 5.41) is 10.8. The van der Waals surface area contributed by atoms with Crippen molar-refractivity contribution in [2.75, 3.05) is 10.6 Å². The van der Waals surface area contributed by atoms with Crippen LogP contribution in [-0.4, -0.2) is 46.8 Å². The van der Waals surface area contributed by atoms with Crippen molar-refractivity contribution in [2.24, 2.45) is 0 Å². The number of pyridine rings is 1. The zero-order valence-electron chi connectivity index (χ0n) is 15.5. The number of hydrogen-bond acceptors (Lipinski definition) is 8. The number of nitrogens with one attached hydrogen (secondary N) is 3. The van der Waals surface area contributed by atoms with Gasteiger partial charge in [-0.1, -0.05) is 0 Å². The average Bonchev–Trinajstić information content (AvgIpc) is 3.35. The monoisotopic (exact) mass is 389 g/mol. The lowest BCUT2D eigenvalue weighted by molar-refractivity contribution is 0.714. The smallest absolute Gasteiger partial charge is 0.271 e. The van der Waals surface area contributed by atoms with Gasteiger partial charge in [0.15, 0.2) is 5.65 Å². The molecule has 0 amide bonds. The Kier molecular flexibility index (Phi) is 4.35. The Bertz CT molecular complexity index is 1150. The summed E-state index contributed by atoms with van der Waals surface area (Å²) < 4.78 is 1.27. The molecule has 0 aliphatic heterocycles. The largest absolute Gasteiger partial charge is 0.353 e. The average molecular weight is 389 g/mol. The molecule has 10 nitrogen and oxygen atoms in total. The predicted octanol–water partition coefficient (Wildman–Crippen LogP) is 1.74. The van der Waals surface area contributed by atoms with Gasteiger partial charge in [0.25, 0.3) is 5.56 Å². The topological polar surface area (TPSA) is 126 Å². The molecule has 4 aromatic rings. The SMILES string of the molecule is O=c1cccnn1-c1cnc(N[C@H]2CC[C@H](Nc3nc4cccnc4[nH]3)C2)nc1. The van der Waals surface area contributed by atoms with Crippen molar-refractivity contribution < 1.29 is 0 Å². The van der Waals surface area contributed by atoms with Gasteiger partial charge in [0, 0.05) is 30.5 Å². The number of H-pyrrole nitrogens is 1. The highest BCUT2D eigenvalue weighted by Gasteiger charge is 2.25. The summed E-state index contributed by atoms with van der Waals surface area (Å²) in [4.78, 5) is 32.5. The number of rotatable bonds is 5. The third-order valence-electron chi connectivity index (χ3n) is 4.96. The second-order valence-electron chi connectivity index (χ2n) is 6.99. The Labute approximate surface area is 165 Å². The Hall–Kier alpha value is -3.82. The molecule has 1 aliphatic rings. The highest BCUT2D eigenvalue weighted by atomic mass is 16.1. The van der Waals surface area contributed by atoms with Crippen LogP contribution >= 0.6 is 0 Å². The molecule has 5 rings (SSSR count). The van der Waals surface area contributed by atoms with Crippen LogP contribution in [0, 0.1) is 0 Å². The van der Waals surface area contributed by atoms with Crippen molar-refractivity contribution in [3.63, 3.8) is 0 Å². The van der Waals surface area contributed by atoms with Crippen LogP contribution in [0.25, 0.3) is 16.9 Å². The first-order valence-corrected chi connectivity index (χ1v) is 9.45. The van der Waals surface area contributed by atoms with E-state index < -0.39 is 0 Å². The number of fused-ring (bicyclic) bond motifs is 1. The van der Waals surface area contributed by atoms with E-state index in [-0.39, 0.29) is 11.6 Å². The van der Waals surface area contributed by atoms with Crippen molar-refractivity contribution >= 4 is 23.1 Å². The standard InChI is InChI=1S/C19H19N9O/c29-16-4-2-8-23-28(16)14-10-21-18(22-11-14)24-12-5-6-13(9-12)25-19-26-15-3-1-7-20-17(15)27-19/h1-4,7-8,10-13H,5-6,9H2,(H,21,22,24)(H2,20,25,26,27)/t12-,13-/m0/s1. The van der Waals surface area contributed by atoms with Crippen LogP contribution in [0.15, 0.2) is 53.8 Å². The summed E-state index contributed by atoms with van der Waals surface area (Å²) in [5.74, 6) is 1.28. The van der Waals surface area contributed by atoms with Gasteiger partial charge in [0.2, 0.25) is 11.9 Å². The van der Waals surface area contributed by atoms with Crippen LogP contribution in [0.5, 0.6) is 0 Å². The second kappa shape index (κ2) is 7.30. The van der Waals surface area contributed by atoms with Gasteiger partial charge >= 0.3 is 0 Å². The van der Waals surface area contributed by atoms with Gasteiger partial charge in [-0.05, 0) is 37.5 Å². The zero-order valence-corrected chi connectivity index (χ0v) is 15.5. The molecule has 10 heteroatoms. The number of hydrogen-bond donors (Lipinski definition) is 3. The van der Waals surface area contributed by atoms with Gasteiger partial charge in [-0.25, -0.2) is 19.9 Å². The molecule has 1 fully saturated rings. The van der Waals surface area contributed by atoms with Crippen LogP contribution in [-0.2, 0) is 0 Å². The zero-order chi connectivity index (χ0) is 19.6. The van der Waals surface area contributed by atoms with E-state index >= 15 is 0 Å². The van der Waals surface area contributed by atoms with Gasteiger partial charge in [-0.3, -0.25) is 4.79 Å². The van der Waals surface area contributed by atoms with Crippen molar-refractivity contribution in [2.45, 2.75) is 31.3 Å². The summed E-state index contributed by atoms with van der Waals surface area (Å²) in [5.41, 5.74) is 1.94. The van der Waals surface area contributed by atoms with Gasteiger partial charge in [0.1, 0.15) is 11.2 Å². The van der Waals surface area contributed by atoms with Crippen LogP contribution in [0.4, 0.5) is 11.9 Å². The normalized spacial score (nSPS) is 18.8. The fourth-order valence-corrected chi connectivity index (χ4v) is 3.59. The number of imidazole rings is 1. The molecule has 2 atom stereocenters. The molecule has 146 valence electrons. The minimum absolute atomic E-state index is 0.220. The van der Waals surface area contributed by atoms with Gasteiger partial charge in [0.05, 0.1) is 12.4 Å². The molecule has 0 bridgehead atoms. The number of nitrogens with zero attached hydrogens (tertiary/aromatic N) is 6. The minimum atomic E-state index is -0.220. The number of aromatic amines is 1. The van der Waals surface area contributed by atoms with Gasteiger partial charge < -0.3 is 15.6 Å². The van der Waals surface area contributed by atoms with Gasteiger partial charge in [-0.15, -0.1) is 0 Å². The molecular weight excluding hydrogens is 370 g/mol. The summed E-state index contributed by atoms with van der Waals surface area (Å²) in [6, 6.07) is 7.42. The van der Waals surface area contributed by atoms with Crippen LogP contribution in [0.1, 0.15) is 19.3 Å². The Morgan fingerprint density at radius 1 is 1.00 bits per heavy atom. The molecule has 0 aromatic carbocycles. The molecule has 0 saturated heterocycles. The Balaban J connectivity index is 1.21. The van der Waals surface area contributed by atoms with E-state index in [1.165, 1.54) is 10.7 Å². The lowest BCUT2D eigenvalue weighted by atomic mass is 10.2. The first kappa shape index (κ1) is 17.3. The number of anilines is 2. The molecule has 1 saturated carbocycles. The lowest BCUT2D eigenvalue weighted by Gasteiger charge is -2.14. The molecule has 4 aromatic heterocycles.